The van der Waals surface area contributed by atoms with Gasteiger partial charge in [-0.05, 0) is 19.3 Å². The maximum atomic E-state index is 11.7. The molecule has 1 aliphatic rings. The molecule has 5 nitrogen and oxygen atoms in total. The Bertz CT molecular complexity index is 314. The fourth-order valence-electron chi connectivity index (χ4n) is 2.23. The van der Waals surface area contributed by atoms with Crippen LogP contribution in [-0.4, -0.2) is 35.1 Å². The topological polar surface area (TPSA) is 80.5 Å². The van der Waals surface area contributed by atoms with Gasteiger partial charge in [0.25, 0.3) is 0 Å². The second-order valence-corrected chi connectivity index (χ2v) is 4.35. The molecule has 5 heteroatoms. The van der Waals surface area contributed by atoms with E-state index in [9.17, 15) is 14.4 Å². The molecule has 0 aliphatic carbocycles. The number of hydrogen-bond acceptors (Lipinski definition) is 3. The van der Waals surface area contributed by atoms with Gasteiger partial charge in [-0.3, -0.25) is 9.59 Å². The van der Waals surface area contributed by atoms with Crippen molar-refractivity contribution in [1.29, 1.82) is 0 Å². The molecule has 2 N–H and O–H groups in total. The van der Waals surface area contributed by atoms with E-state index in [1.54, 1.807) is 0 Å². The lowest BCUT2D eigenvalue weighted by atomic mass is 10.0. The number of likely N-dealkylation sites (tertiary alicyclic amines) is 1. The highest BCUT2D eigenvalue weighted by Gasteiger charge is 2.36. The largest absolute Gasteiger partial charge is 0.368 e. The number of amides is 2. The number of Topliss-reactive ketones (excluding diaryl/α,β-unsaturated/α-hetero) is 1. The number of nitrogens with zero attached hydrogens (tertiary/aromatic N) is 1. The molecule has 2 unspecified atom stereocenters. The molecule has 0 aromatic rings. The number of hydrogen-bond donors (Lipinski definition) is 1. The lowest BCUT2D eigenvalue weighted by Crippen LogP contribution is -2.45. The first-order valence-corrected chi connectivity index (χ1v) is 5.53. The number of rotatable bonds is 5. The Kier molecular flexibility index (Phi) is 4.04. The van der Waals surface area contributed by atoms with Crippen molar-refractivity contribution in [3.05, 3.63) is 0 Å². The van der Waals surface area contributed by atoms with Gasteiger partial charge in [0.2, 0.25) is 11.8 Å². The average Bonchev–Trinajstić information content (AvgIpc) is 2.46. The first kappa shape index (κ1) is 12.7. The molecule has 16 heavy (non-hydrogen) atoms. The van der Waals surface area contributed by atoms with Crippen LogP contribution in [0.2, 0.25) is 0 Å². The summed E-state index contributed by atoms with van der Waals surface area (Å²) in [5.74, 6) is -0.429. The van der Waals surface area contributed by atoms with E-state index in [1.165, 1.54) is 11.8 Å². The Morgan fingerprint density at radius 1 is 1.56 bits per heavy atom. The third-order valence-corrected chi connectivity index (χ3v) is 2.91. The van der Waals surface area contributed by atoms with Gasteiger partial charge >= 0.3 is 0 Å². The molecule has 2 amide bonds. The number of carbonyl (C=O) groups is 3. The van der Waals surface area contributed by atoms with Gasteiger partial charge in [0, 0.05) is 19.4 Å². The Morgan fingerprint density at radius 3 is 2.62 bits per heavy atom. The Morgan fingerprint density at radius 2 is 2.19 bits per heavy atom. The zero-order valence-corrected chi connectivity index (χ0v) is 9.73. The third-order valence-electron chi connectivity index (χ3n) is 2.91. The maximum absolute atomic E-state index is 11.7. The Hall–Kier alpha value is -1.39. The minimum absolute atomic E-state index is 0.0402. The van der Waals surface area contributed by atoms with E-state index < -0.39 is 11.9 Å². The molecule has 0 aromatic heterocycles. The van der Waals surface area contributed by atoms with Crippen molar-refractivity contribution in [3.8, 4) is 0 Å². The summed E-state index contributed by atoms with van der Waals surface area (Å²) in [5, 5.41) is 0. The normalized spacial score (nSPS) is 22.2. The molecule has 0 radical (unpaired) electrons. The van der Waals surface area contributed by atoms with Gasteiger partial charge in [-0.15, -0.1) is 0 Å². The molecule has 1 aliphatic heterocycles. The van der Waals surface area contributed by atoms with E-state index in [-0.39, 0.29) is 17.6 Å². The summed E-state index contributed by atoms with van der Waals surface area (Å²) in [6, 6.07) is -0.524. The molecular weight excluding hydrogens is 208 g/mol. The van der Waals surface area contributed by atoms with Gasteiger partial charge in [-0.25, -0.2) is 0 Å². The number of ketones is 1. The highest BCUT2D eigenvalue weighted by molar-refractivity contribution is 5.88. The highest BCUT2D eigenvalue weighted by Crippen LogP contribution is 2.24. The van der Waals surface area contributed by atoms with E-state index >= 15 is 0 Å². The zero-order valence-electron chi connectivity index (χ0n) is 9.73. The van der Waals surface area contributed by atoms with E-state index in [0.717, 1.165) is 0 Å². The van der Waals surface area contributed by atoms with Crippen LogP contribution >= 0.6 is 0 Å². The molecule has 2 atom stereocenters. The predicted octanol–water partition coefficient (Wildman–Crippen LogP) is 0.0779. The second kappa shape index (κ2) is 5.09. The van der Waals surface area contributed by atoms with Crippen molar-refractivity contribution in [2.45, 2.75) is 39.2 Å². The Balaban J connectivity index is 2.66. The van der Waals surface area contributed by atoms with Crippen LogP contribution < -0.4 is 5.73 Å². The monoisotopic (exact) mass is 226 g/mol. The molecule has 1 fully saturated rings. The van der Waals surface area contributed by atoms with Crippen molar-refractivity contribution < 1.29 is 14.4 Å². The summed E-state index contributed by atoms with van der Waals surface area (Å²) in [4.78, 5) is 35.3. The lowest BCUT2D eigenvalue weighted by Gasteiger charge is -2.24. The van der Waals surface area contributed by atoms with Crippen LogP contribution in [0, 0.1) is 5.92 Å². The van der Waals surface area contributed by atoms with Gasteiger partial charge in [-0.2, -0.15) is 0 Å². The minimum atomic E-state index is -0.524. The van der Waals surface area contributed by atoms with Crippen LogP contribution in [0.4, 0.5) is 0 Å². The lowest BCUT2D eigenvalue weighted by molar-refractivity contribution is -0.136. The number of nitrogens with two attached hydrogens (primary N) is 1. The van der Waals surface area contributed by atoms with Crippen LogP contribution in [0.1, 0.15) is 33.1 Å². The van der Waals surface area contributed by atoms with Crippen LogP contribution in [0.3, 0.4) is 0 Å². The molecule has 90 valence electrons. The fourth-order valence-corrected chi connectivity index (χ4v) is 2.23. The van der Waals surface area contributed by atoms with Crippen molar-refractivity contribution in [2.24, 2.45) is 11.7 Å². The predicted molar refractivity (Wildman–Crippen MR) is 58.4 cm³/mol. The zero-order chi connectivity index (χ0) is 12.3. The van der Waals surface area contributed by atoms with Crippen LogP contribution in [0.5, 0.6) is 0 Å². The smallest absolute Gasteiger partial charge is 0.240 e. The summed E-state index contributed by atoms with van der Waals surface area (Å²) >= 11 is 0. The molecule has 1 saturated heterocycles. The van der Waals surface area contributed by atoms with Gasteiger partial charge in [0.1, 0.15) is 11.8 Å². The minimum Gasteiger partial charge on any atom is -0.368 e. The standard InChI is InChI=1S/C11H18N2O3/c1-3-9(11(12)16)13-6-8(4-7(2)14)5-10(13)15/h8-9H,3-6H2,1-2H3,(H2,12,16). The van der Waals surface area contributed by atoms with Crippen molar-refractivity contribution in [2.75, 3.05) is 6.54 Å². The Labute approximate surface area is 95.0 Å². The van der Waals surface area contributed by atoms with E-state index in [4.69, 9.17) is 5.73 Å². The highest BCUT2D eigenvalue weighted by atomic mass is 16.2. The van der Waals surface area contributed by atoms with Gasteiger partial charge < -0.3 is 15.4 Å². The molecule has 1 heterocycles. The van der Waals surface area contributed by atoms with E-state index in [1.807, 2.05) is 6.92 Å². The van der Waals surface area contributed by atoms with Crippen molar-refractivity contribution >= 4 is 17.6 Å². The molecule has 0 bridgehead atoms. The summed E-state index contributed by atoms with van der Waals surface area (Å²) < 4.78 is 0. The molecule has 1 rings (SSSR count). The molecule has 0 spiro atoms. The summed E-state index contributed by atoms with van der Waals surface area (Å²) in [5.41, 5.74) is 5.24. The molecule has 0 saturated carbocycles. The summed E-state index contributed by atoms with van der Waals surface area (Å²) in [6.45, 7) is 3.80. The third kappa shape index (κ3) is 2.81. The summed E-state index contributed by atoms with van der Waals surface area (Å²) in [6.07, 6.45) is 1.27. The molecular formula is C11H18N2O3. The maximum Gasteiger partial charge on any atom is 0.240 e. The van der Waals surface area contributed by atoms with E-state index in [2.05, 4.69) is 0 Å². The fraction of sp³-hybridized carbons (Fsp3) is 0.727. The first-order chi connectivity index (χ1) is 7.45. The SMILES string of the molecule is CCC(C(N)=O)N1CC(CC(C)=O)CC1=O. The second-order valence-electron chi connectivity index (χ2n) is 4.35. The van der Waals surface area contributed by atoms with Crippen molar-refractivity contribution in [3.63, 3.8) is 0 Å². The van der Waals surface area contributed by atoms with Crippen LogP contribution in [-0.2, 0) is 14.4 Å². The molecule has 0 aromatic carbocycles. The van der Waals surface area contributed by atoms with Crippen molar-refractivity contribution in [1.82, 2.24) is 4.90 Å². The number of carbonyl (C=O) groups excluding carboxylic acids is 3. The summed E-state index contributed by atoms with van der Waals surface area (Å²) in [7, 11) is 0. The first-order valence-electron chi connectivity index (χ1n) is 5.53. The van der Waals surface area contributed by atoms with Gasteiger partial charge in [0.05, 0.1) is 0 Å². The number of primary amides is 1. The van der Waals surface area contributed by atoms with Gasteiger partial charge in [-0.1, -0.05) is 6.92 Å². The van der Waals surface area contributed by atoms with Gasteiger partial charge in [0.15, 0.2) is 0 Å². The quantitative estimate of drug-likeness (QED) is 0.720. The van der Waals surface area contributed by atoms with E-state index in [0.29, 0.717) is 25.8 Å². The van der Waals surface area contributed by atoms with Crippen LogP contribution in [0.25, 0.3) is 0 Å². The van der Waals surface area contributed by atoms with Crippen LogP contribution in [0.15, 0.2) is 0 Å². The average molecular weight is 226 g/mol.